The molecule has 0 fully saturated rings. The van der Waals surface area contributed by atoms with Crippen LogP contribution in [0.15, 0.2) is 4.99 Å². The summed E-state index contributed by atoms with van der Waals surface area (Å²) in [5.74, 6) is 0. The monoisotopic (exact) mass is 209 g/mol. The third kappa shape index (κ3) is 3.68. The number of hydrogen-bond acceptors (Lipinski definition) is 1. The predicted molar refractivity (Wildman–Crippen MR) is 52.7 cm³/mol. The average molecular weight is 209 g/mol. The van der Waals surface area contributed by atoms with Gasteiger partial charge in [-0.1, -0.05) is 13.8 Å². The summed E-state index contributed by atoms with van der Waals surface area (Å²) in [4.78, 5) is 3.95. The zero-order valence-corrected chi connectivity index (χ0v) is 9.15. The van der Waals surface area contributed by atoms with Crippen LogP contribution < -0.4 is 0 Å². The Balaban J connectivity index is 4.49. The largest absolute Gasteiger partial charge is 0.398 e. The Kier molecular flexibility index (Phi) is 4.62. The number of rotatable bonds is 4. The summed E-state index contributed by atoms with van der Waals surface area (Å²) >= 11 is 0. The summed E-state index contributed by atoms with van der Waals surface area (Å²) in [5, 5.41) is 0. The number of nitrogens with zero attached hydrogens (tertiary/aromatic N) is 1. The highest BCUT2D eigenvalue weighted by Crippen LogP contribution is 2.35. The van der Waals surface area contributed by atoms with Gasteiger partial charge in [0, 0.05) is 12.3 Å². The van der Waals surface area contributed by atoms with Crippen molar-refractivity contribution in [2.75, 3.05) is 0 Å². The van der Waals surface area contributed by atoms with E-state index < -0.39 is 11.6 Å². The van der Waals surface area contributed by atoms with Crippen LogP contribution >= 0.6 is 0 Å². The third-order valence-corrected chi connectivity index (χ3v) is 2.28. The Morgan fingerprint density at radius 3 is 1.86 bits per heavy atom. The fourth-order valence-corrected chi connectivity index (χ4v) is 0.864. The minimum Gasteiger partial charge on any atom is -0.293 e. The van der Waals surface area contributed by atoms with Gasteiger partial charge in [0.05, 0.1) is 5.41 Å². The molecule has 0 radical (unpaired) electrons. The highest BCUT2D eigenvalue weighted by Gasteiger charge is 2.46. The topological polar surface area (TPSA) is 12.4 Å². The van der Waals surface area contributed by atoms with Crippen molar-refractivity contribution in [2.24, 2.45) is 10.4 Å². The molecule has 0 bridgehead atoms. The van der Waals surface area contributed by atoms with E-state index in [4.69, 9.17) is 0 Å². The molecule has 0 aliphatic rings. The molecule has 0 aromatic carbocycles. The first-order valence-electron chi connectivity index (χ1n) is 4.85. The molecule has 0 N–H and O–H groups in total. The van der Waals surface area contributed by atoms with Crippen molar-refractivity contribution in [3.63, 3.8) is 0 Å². The molecular weight excluding hydrogens is 191 g/mol. The van der Waals surface area contributed by atoms with E-state index in [2.05, 4.69) is 4.99 Å². The van der Waals surface area contributed by atoms with Crippen molar-refractivity contribution in [1.29, 1.82) is 0 Å². The van der Waals surface area contributed by atoms with E-state index in [1.165, 1.54) is 0 Å². The standard InChI is InChI=1S/C10H18F3N/c1-5-8(6-2)14-7-9(3,4)10(11,12)13/h7-8H,5-6H2,1-4H3. The van der Waals surface area contributed by atoms with E-state index in [1.54, 1.807) is 0 Å². The first kappa shape index (κ1) is 13.5. The second kappa shape index (κ2) is 4.80. The van der Waals surface area contributed by atoms with E-state index in [9.17, 15) is 13.2 Å². The highest BCUT2D eigenvalue weighted by molar-refractivity contribution is 5.66. The van der Waals surface area contributed by atoms with Gasteiger partial charge in [0.15, 0.2) is 0 Å². The number of aliphatic imine (C=N–C) groups is 1. The maximum absolute atomic E-state index is 12.4. The van der Waals surface area contributed by atoms with Crippen molar-refractivity contribution in [1.82, 2.24) is 0 Å². The molecule has 0 aromatic rings. The molecule has 0 unspecified atom stereocenters. The van der Waals surface area contributed by atoms with Gasteiger partial charge in [-0.3, -0.25) is 4.99 Å². The molecule has 0 heterocycles. The molecule has 0 saturated heterocycles. The first-order valence-corrected chi connectivity index (χ1v) is 4.85. The van der Waals surface area contributed by atoms with E-state index in [0.717, 1.165) is 32.9 Å². The fraction of sp³-hybridized carbons (Fsp3) is 0.900. The van der Waals surface area contributed by atoms with Gasteiger partial charge in [-0.15, -0.1) is 0 Å². The van der Waals surface area contributed by atoms with Crippen LogP contribution in [0.1, 0.15) is 40.5 Å². The zero-order valence-electron chi connectivity index (χ0n) is 9.15. The lowest BCUT2D eigenvalue weighted by Crippen LogP contribution is -2.33. The molecule has 14 heavy (non-hydrogen) atoms. The average Bonchev–Trinajstić information content (AvgIpc) is 2.04. The van der Waals surface area contributed by atoms with Crippen LogP contribution in [0.5, 0.6) is 0 Å². The van der Waals surface area contributed by atoms with Crippen LogP contribution in [0.3, 0.4) is 0 Å². The zero-order chi connectivity index (χ0) is 11.4. The van der Waals surface area contributed by atoms with Crippen molar-refractivity contribution in [3.8, 4) is 0 Å². The highest BCUT2D eigenvalue weighted by atomic mass is 19.4. The lowest BCUT2D eigenvalue weighted by molar-refractivity contribution is -0.184. The summed E-state index contributed by atoms with van der Waals surface area (Å²) in [6.45, 7) is 6.12. The van der Waals surface area contributed by atoms with Gasteiger partial charge in [0.2, 0.25) is 0 Å². The lowest BCUT2D eigenvalue weighted by Gasteiger charge is -2.23. The Hall–Kier alpha value is -0.540. The minimum atomic E-state index is -4.22. The van der Waals surface area contributed by atoms with Crippen molar-refractivity contribution in [2.45, 2.75) is 52.8 Å². The van der Waals surface area contributed by atoms with Gasteiger partial charge in [0.1, 0.15) is 0 Å². The van der Waals surface area contributed by atoms with Crippen molar-refractivity contribution >= 4 is 6.21 Å². The smallest absolute Gasteiger partial charge is 0.293 e. The van der Waals surface area contributed by atoms with Gasteiger partial charge in [-0.05, 0) is 26.7 Å². The molecule has 0 aliphatic heterocycles. The summed E-state index contributed by atoms with van der Waals surface area (Å²) in [7, 11) is 0. The van der Waals surface area contributed by atoms with E-state index in [0.29, 0.717) is 0 Å². The number of hydrogen-bond donors (Lipinski definition) is 0. The maximum atomic E-state index is 12.4. The fourth-order valence-electron chi connectivity index (χ4n) is 0.864. The van der Waals surface area contributed by atoms with Gasteiger partial charge >= 0.3 is 6.18 Å². The van der Waals surface area contributed by atoms with Gasteiger partial charge in [0.25, 0.3) is 0 Å². The normalized spacial score (nSPS) is 14.3. The summed E-state index contributed by atoms with van der Waals surface area (Å²) in [6, 6.07) is 0.0108. The van der Waals surface area contributed by atoms with Crippen LogP contribution in [0.2, 0.25) is 0 Å². The Morgan fingerprint density at radius 1 is 1.14 bits per heavy atom. The molecule has 4 heteroatoms. The quantitative estimate of drug-likeness (QED) is 0.624. The summed E-state index contributed by atoms with van der Waals surface area (Å²) in [5.41, 5.74) is -1.82. The molecule has 0 atom stereocenters. The first-order chi connectivity index (χ1) is 6.24. The predicted octanol–water partition coefficient (Wildman–Crippen LogP) is 3.83. The van der Waals surface area contributed by atoms with E-state index >= 15 is 0 Å². The van der Waals surface area contributed by atoms with Crippen LogP contribution in [0.25, 0.3) is 0 Å². The van der Waals surface area contributed by atoms with Crippen molar-refractivity contribution < 1.29 is 13.2 Å². The number of halogens is 3. The lowest BCUT2D eigenvalue weighted by atomic mass is 9.94. The van der Waals surface area contributed by atoms with Crippen LogP contribution in [-0.2, 0) is 0 Å². The third-order valence-electron chi connectivity index (χ3n) is 2.28. The van der Waals surface area contributed by atoms with E-state index in [-0.39, 0.29) is 6.04 Å². The Morgan fingerprint density at radius 2 is 1.57 bits per heavy atom. The molecule has 0 spiro atoms. The van der Waals surface area contributed by atoms with E-state index in [1.807, 2.05) is 13.8 Å². The SMILES string of the molecule is CCC(CC)N=CC(C)(C)C(F)(F)F. The van der Waals surface area contributed by atoms with Gasteiger partial charge < -0.3 is 0 Å². The second-order valence-corrected chi connectivity index (χ2v) is 3.97. The van der Waals surface area contributed by atoms with Crippen LogP contribution in [0, 0.1) is 5.41 Å². The Labute approximate surface area is 83.4 Å². The maximum Gasteiger partial charge on any atom is 0.398 e. The summed E-state index contributed by atoms with van der Waals surface area (Å²) < 4.78 is 37.2. The van der Waals surface area contributed by atoms with Crippen LogP contribution in [-0.4, -0.2) is 18.4 Å². The molecule has 1 nitrogen and oxygen atoms in total. The minimum absolute atomic E-state index is 0.0108. The molecule has 84 valence electrons. The van der Waals surface area contributed by atoms with Crippen LogP contribution in [0.4, 0.5) is 13.2 Å². The van der Waals surface area contributed by atoms with Crippen molar-refractivity contribution in [3.05, 3.63) is 0 Å². The second-order valence-electron chi connectivity index (χ2n) is 3.97. The number of alkyl halides is 3. The van der Waals surface area contributed by atoms with Gasteiger partial charge in [-0.25, -0.2) is 0 Å². The van der Waals surface area contributed by atoms with Gasteiger partial charge in [-0.2, -0.15) is 13.2 Å². The molecule has 0 amide bonds. The molecule has 0 saturated carbocycles. The molecular formula is C10H18F3N. The molecule has 0 rings (SSSR count). The molecule has 0 aromatic heterocycles. The Bertz CT molecular complexity index is 190. The molecule has 0 aliphatic carbocycles. The summed E-state index contributed by atoms with van der Waals surface area (Å²) in [6.07, 6.45) is -1.63.